The van der Waals surface area contributed by atoms with E-state index >= 15 is 0 Å². The quantitative estimate of drug-likeness (QED) is 0.325. The minimum Gasteiger partial charge on any atom is -0.380 e. The van der Waals surface area contributed by atoms with Crippen LogP contribution in [0.5, 0.6) is 0 Å². The average Bonchev–Trinajstić information content (AvgIpc) is 2.54. The van der Waals surface area contributed by atoms with Gasteiger partial charge in [-0.3, -0.25) is 18.9 Å². The number of nitrogens with zero attached hydrogens (tertiary/aromatic N) is 1. The Morgan fingerprint density at radius 2 is 1.90 bits per heavy atom. The first-order chi connectivity index (χ1) is 13.3. The van der Waals surface area contributed by atoms with Crippen molar-refractivity contribution in [1.29, 1.82) is 0 Å². The standard InChI is InChI=1S/C15H27N2O10PS/c1-11(2)26-8-12(5-7-29(23,24)10-28(20,21)22)27-14(9-25-3)17-6-4-13(18)16-15(17)19/h4,6,11-12,14H,5,7-10H2,1-3H3,(H,16,18,19)(H2,20,21,22)/t12-,14-/m1/s1. The van der Waals surface area contributed by atoms with Gasteiger partial charge in [0.15, 0.2) is 21.6 Å². The fourth-order valence-electron chi connectivity index (χ4n) is 2.33. The summed E-state index contributed by atoms with van der Waals surface area (Å²) in [5.41, 5.74) is -2.60. The normalized spacial score (nSPS) is 14.8. The van der Waals surface area contributed by atoms with Crippen LogP contribution in [0, 0.1) is 0 Å². The number of aromatic nitrogens is 2. The highest BCUT2D eigenvalue weighted by atomic mass is 32.2. The number of ether oxygens (including phenoxy) is 3. The molecule has 0 fully saturated rings. The van der Waals surface area contributed by atoms with E-state index in [1.54, 1.807) is 13.8 Å². The Balaban J connectivity index is 3.00. The van der Waals surface area contributed by atoms with Gasteiger partial charge in [-0.15, -0.1) is 0 Å². The monoisotopic (exact) mass is 458 g/mol. The second-order valence-electron chi connectivity index (χ2n) is 6.60. The first-order valence-electron chi connectivity index (χ1n) is 8.65. The van der Waals surface area contributed by atoms with Crippen LogP contribution in [-0.4, -0.2) is 71.5 Å². The number of nitrogens with one attached hydrogen (secondary N) is 1. The van der Waals surface area contributed by atoms with Gasteiger partial charge in [0.1, 0.15) is 0 Å². The summed E-state index contributed by atoms with van der Waals surface area (Å²) in [6.07, 6.45) is -0.926. The molecule has 0 unspecified atom stereocenters. The topological polar surface area (TPSA) is 174 Å². The lowest BCUT2D eigenvalue weighted by Gasteiger charge is -2.26. The van der Waals surface area contributed by atoms with Crippen molar-refractivity contribution < 1.29 is 37.0 Å². The molecule has 0 radical (unpaired) electrons. The Bertz CT molecular complexity index is 904. The molecule has 0 aliphatic rings. The molecule has 1 heterocycles. The molecule has 0 spiro atoms. The first-order valence-corrected chi connectivity index (χ1v) is 12.3. The Hall–Kier alpha value is -1.34. The second-order valence-corrected chi connectivity index (χ2v) is 10.9. The minimum absolute atomic E-state index is 0.0264. The van der Waals surface area contributed by atoms with Crippen LogP contribution in [0.3, 0.4) is 0 Å². The summed E-state index contributed by atoms with van der Waals surface area (Å²) < 4.78 is 52.3. The second kappa shape index (κ2) is 11.2. The van der Waals surface area contributed by atoms with Crippen molar-refractivity contribution in [3.05, 3.63) is 33.1 Å². The number of aromatic amines is 1. The lowest BCUT2D eigenvalue weighted by molar-refractivity contribution is -0.120. The molecule has 168 valence electrons. The summed E-state index contributed by atoms with van der Waals surface area (Å²) in [7, 11) is -7.41. The maximum Gasteiger partial charge on any atom is 0.340 e. The van der Waals surface area contributed by atoms with E-state index in [0.717, 1.165) is 10.6 Å². The average molecular weight is 458 g/mol. The van der Waals surface area contributed by atoms with E-state index in [0.29, 0.717) is 0 Å². The molecular weight excluding hydrogens is 431 g/mol. The Labute approximate surface area is 167 Å². The highest BCUT2D eigenvalue weighted by molar-refractivity contribution is 7.97. The molecule has 1 aromatic heterocycles. The number of hydrogen-bond acceptors (Lipinski definition) is 8. The van der Waals surface area contributed by atoms with Crippen LogP contribution in [0.2, 0.25) is 0 Å². The van der Waals surface area contributed by atoms with Crippen molar-refractivity contribution in [2.45, 2.75) is 38.7 Å². The van der Waals surface area contributed by atoms with Crippen LogP contribution in [0.1, 0.15) is 26.5 Å². The summed E-state index contributed by atoms with van der Waals surface area (Å²) in [4.78, 5) is 43.2. The summed E-state index contributed by atoms with van der Waals surface area (Å²) in [5, 5.41) is 0. The van der Waals surface area contributed by atoms with Crippen molar-refractivity contribution in [1.82, 2.24) is 9.55 Å². The van der Waals surface area contributed by atoms with Crippen LogP contribution >= 0.6 is 7.60 Å². The predicted octanol–water partition coefficient (Wildman–Crippen LogP) is -0.568. The molecule has 0 aliphatic carbocycles. The molecule has 1 aromatic rings. The van der Waals surface area contributed by atoms with E-state index in [2.05, 4.69) is 4.98 Å². The maximum atomic E-state index is 12.0. The number of sulfone groups is 1. The third kappa shape index (κ3) is 10.3. The molecular formula is C15H27N2O10PS. The minimum atomic E-state index is -4.73. The Morgan fingerprint density at radius 3 is 2.41 bits per heavy atom. The Morgan fingerprint density at radius 1 is 1.24 bits per heavy atom. The van der Waals surface area contributed by atoms with E-state index in [1.165, 1.54) is 13.3 Å². The summed E-state index contributed by atoms with van der Waals surface area (Å²) in [6, 6.07) is 1.12. The zero-order chi connectivity index (χ0) is 22.2. The van der Waals surface area contributed by atoms with Gasteiger partial charge < -0.3 is 24.0 Å². The van der Waals surface area contributed by atoms with Crippen LogP contribution in [0.15, 0.2) is 21.9 Å². The molecule has 3 N–H and O–H groups in total. The molecule has 0 amide bonds. The van der Waals surface area contributed by atoms with Gasteiger partial charge in [0.25, 0.3) is 5.56 Å². The summed E-state index contributed by atoms with van der Waals surface area (Å²) in [5.74, 6) is -0.551. The number of hydrogen-bond donors (Lipinski definition) is 3. The van der Waals surface area contributed by atoms with Crippen LogP contribution in [0.25, 0.3) is 0 Å². The SMILES string of the molecule is COC[C@@H](O[C@H](CCS(=O)(=O)CP(=O)(O)O)COC(C)C)n1ccc(=O)[nH]c1=O. The first kappa shape index (κ1) is 25.7. The number of methoxy groups -OCH3 is 1. The molecule has 0 aromatic carbocycles. The maximum absolute atomic E-state index is 12.0. The van der Waals surface area contributed by atoms with Gasteiger partial charge in [-0.1, -0.05) is 0 Å². The van der Waals surface area contributed by atoms with Crippen LogP contribution in [-0.2, 0) is 28.6 Å². The zero-order valence-electron chi connectivity index (χ0n) is 16.4. The Kier molecular flexibility index (Phi) is 9.89. The number of H-pyrrole nitrogens is 1. The van der Waals surface area contributed by atoms with Crippen molar-refractivity contribution in [2.75, 3.05) is 31.6 Å². The van der Waals surface area contributed by atoms with Gasteiger partial charge in [0.05, 0.1) is 31.2 Å². The van der Waals surface area contributed by atoms with Crippen molar-refractivity contribution in [3.8, 4) is 0 Å². The predicted molar refractivity (Wildman–Crippen MR) is 104 cm³/mol. The molecule has 0 saturated carbocycles. The third-order valence-electron chi connectivity index (χ3n) is 3.55. The molecule has 12 nitrogen and oxygen atoms in total. The highest BCUT2D eigenvalue weighted by Gasteiger charge is 2.27. The fourth-order valence-corrected chi connectivity index (χ4v) is 5.51. The van der Waals surface area contributed by atoms with Crippen molar-refractivity contribution in [2.24, 2.45) is 0 Å². The largest absolute Gasteiger partial charge is 0.380 e. The molecule has 0 aliphatic heterocycles. The smallest absolute Gasteiger partial charge is 0.340 e. The molecule has 14 heteroatoms. The lowest BCUT2D eigenvalue weighted by Crippen LogP contribution is -2.37. The molecule has 1 rings (SSSR count). The van der Waals surface area contributed by atoms with Crippen molar-refractivity contribution in [3.63, 3.8) is 0 Å². The lowest BCUT2D eigenvalue weighted by atomic mass is 10.3. The van der Waals surface area contributed by atoms with Crippen LogP contribution in [0.4, 0.5) is 0 Å². The van der Waals surface area contributed by atoms with E-state index in [4.69, 9.17) is 24.0 Å². The van der Waals surface area contributed by atoms with Gasteiger partial charge in [0, 0.05) is 19.4 Å². The van der Waals surface area contributed by atoms with Crippen molar-refractivity contribution >= 4 is 17.4 Å². The van der Waals surface area contributed by atoms with Gasteiger partial charge in [-0.05, 0) is 20.3 Å². The summed E-state index contributed by atoms with van der Waals surface area (Å²) >= 11 is 0. The van der Waals surface area contributed by atoms with Gasteiger partial charge in [-0.2, -0.15) is 0 Å². The van der Waals surface area contributed by atoms with Gasteiger partial charge >= 0.3 is 13.3 Å². The summed E-state index contributed by atoms with van der Waals surface area (Å²) in [6.45, 7) is 3.42. The molecule has 29 heavy (non-hydrogen) atoms. The fraction of sp³-hybridized carbons (Fsp3) is 0.733. The van der Waals surface area contributed by atoms with E-state index < -0.39 is 52.3 Å². The van der Waals surface area contributed by atoms with Gasteiger partial charge in [0.2, 0.25) is 0 Å². The van der Waals surface area contributed by atoms with Crippen LogP contribution < -0.4 is 11.2 Å². The third-order valence-corrected chi connectivity index (χ3v) is 7.33. The number of rotatable bonds is 13. The van der Waals surface area contributed by atoms with E-state index in [-0.39, 0.29) is 25.7 Å². The molecule has 0 bridgehead atoms. The molecule has 0 saturated heterocycles. The van der Waals surface area contributed by atoms with E-state index in [1.807, 2.05) is 0 Å². The highest BCUT2D eigenvalue weighted by Crippen LogP contribution is 2.36. The van der Waals surface area contributed by atoms with E-state index in [9.17, 15) is 22.6 Å². The molecule has 2 atom stereocenters. The zero-order valence-corrected chi connectivity index (χ0v) is 18.1. The van der Waals surface area contributed by atoms with Gasteiger partial charge in [-0.25, -0.2) is 13.2 Å².